The van der Waals surface area contributed by atoms with Gasteiger partial charge in [-0.2, -0.15) is 0 Å². The molecule has 8 heteroatoms. The average Bonchev–Trinajstić information content (AvgIpc) is 3.21. The number of carbonyl (C=O) groups excluding carboxylic acids is 2. The molecule has 1 amide bonds. The van der Waals surface area contributed by atoms with E-state index in [2.05, 4.69) is 45.4 Å². The fourth-order valence-corrected chi connectivity index (χ4v) is 5.03. The zero-order valence-electron chi connectivity index (χ0n) is 18.6. The summed E-state index contributed by atoms with van der Waals surface area (Å²) >= 11 is 3.36. The molecule has 1 atom stereocenters. The molecule has 170 valence electrons. The van der Waals surface area contributed by atoms with E-state index in [1.54, 1.807) is 12.3 Å². The van der Waals surface area contributed by atoms with Crippen molar-refractivity contribution in [3.05, 3.63) is 69.1 Å². The summed E-state index contributed by atoms with van der Waals surface area (Å²) in [6.45, 7) is 6.21. The summed E-state index contributed by atoms with van der Waals surface area (Å²) in [5.74, 6) is 0.934. The lowest BCUT2D eigenvalue weighted by Crippen LogP contribution is -2.39. The number of benzene rings is 1. The smallest absolute Gasteiger partial charge is 0.255 e. The molecule has 2 aromatic rings. The van der Waals surface area contributed by atoms with Gasteiger partial charge in [0.15, 0.2) is 17.3 Å². The molecule has 0 radical (unpaired) electrons. The zero-order valence-corrected chi connectivity index (χ0v) is 20.2. The molecule has 1 aromatic heterocycles. The molecule has 5 rings (SSSR count). The number of fused-ring (bicyclic) bond motifs is 1. The van der Waals surface area contributed by atoms with Crippen molar-refractivity contribution in [3.63, 3.8) is 0 Å². The van der Waals surface area contributed by atoms with E-state index < -0.39 is 5.92 Å². The number of hydrogen-bond donors (Lipinski definition) is 2. The van der Waals surface area contributed by atoms with Gasteiger partial charge < -0.3 is 20.1 Å². The Morgan fingerprint density at radius 3 is 2.73 bits per heavy atom. The fraction of sp³-hybridized carbons (Fsp3) is 0.320. The first-order chi connectivity index (χ1) is 15.7. The highest BCUT2D eigenvalue weighted by Crippen LogP contribution is 2.48. The van der Waals surface area contributed by atoms with Crippen LogP contribution in [-0.2, 0) is 9.59 Å². The lowest BCUT2D eigenvalue weighted by Gasteiger charge is -2.39. The van der Waals surface area contributed by atoms with Gasteiger partial charge in [0.1, 0.15) is 5.82 Å². The number of ketones is 1. The predicted octanol–water partition coefficient (Wildman–Crippen LogP) is 4.82. The van der Waals surface area contributed by atoms with Gasteiger partial charge in [0, 0.05) is 45.5 Å². The van der Waals surface area contributed by atoms with Crippen LogP contribution in [0.3, 0.4) is 0 Å². The maximum absolute atomic E-state index is 13.5. The van der Waals surface area contributed by atoms with Crippen LogP contribution in [0.2, 0.25) is 0 Å². The molecule has 0 bridgehead atoms. The summed E-state index contributed by atoms with van der Waals surface area (Å²) in [5.41, 5.74) is 3.41. The van der Waals surface area contributed by atoms with Crippen molar-refractivity contribution in [1.82, 2.24) is 10.3 Å². The lowest BCUT2D eigenvalue weighted by molar-refractivity contribution is -0.118. The molecule has 1 aromatic carbocycles. The van der Waals surface area contributed by atoms with Crippen LogP contribution in [0, 0.1) is 5.41 Å². The lowest BCUT2D eigenvalue weighted by atomic mass is 9.68. The number of pyridine rings is 1. The summed E-state index contributed by atoms with van der Waals surface area (Å²) in [7, 11) is 0. The van der Waals surface area contributed by atoms with Gasteiger partial charge in [-0.15, -0.1) is 0 Å². The maximum atomic E-state index is 13.5. The zero-order chi connectivity index (χ0) is 23.3. The molecule has 2 N–H and O–H groups in total. The number of hydrogen-bond acceptors (Lipinski definition) is 6. The standard InChI is InChI=1S/C25H24BrN3O4/c1-13-21(24(31)29-20-7-5-15(26)11-27-20)22(14-4-6-18-19(8-14)33-12-32-18)23-16(28-13)9-25(2,3)10-17(23)30/h4-8,11,22,28H,9-10,12H2,1-3H3,(H,27,29,31)/t22-/m0/s1. The van der Waals surface area contributed by atoms with E-state index in [4.69, 9.17) is 9.47 Å². The molecule has 0 saturated heterocycles. The summed E-state index contributed by atoms with van der Waals surface area (Å²) in [4.78, 5) is 31.2. The molecule has 7 nitrogen and oxygen atoms in total. The second-order valence-electron chi connectivity index (χ2n) is 9.36. The molecule has 1 aliphatic carbocycles. The van der Waals surface area contributed by atoms with E-state index in [-0.39, 0.29) is 23.9 Å². The van der Waals surface area contributed by atoms with Gasteiger partial charge in [0.2, 0.25) is 6.79 Å². The molecule has 0 saturated carbocycles. The van der Waals surface area contributed by atoms with Crippen molar-refractivity contribution in [2.75, 3.05) is 12.1 Å². The normalized spacial score (nSPS) is 21.0. The molecule has 0 unspecified atom stereocenters. The Hall–Kier alpha value is -3.13. The van der Waals surface area contributed by atoms with Gasteiger partial charge in [0.25, 0.3) is 5.91 Å². The molecular weight excluding hydrogens is 486 g/mol. The minimum Gasteiger partial charge on any atom is -0.454 e. The number of anilines is 1. The van der Waals surface area contributed by atoms with Gasteiger partial charge in [-0.1, -0.05) is 19.9 Å². The minimum absolute atomic E-state index is 0.0518. The van der Waals surface area contributed by atoms with Crippen LogP contribution in [0.15, 0.2) is 63.5 Å². The Morgan fingerprint density at radius 1 is 1.18 bits per heavy atom. The summed E-state index contributed by atoms with van der Waals surface area (Å²) in [5, 5.41) is 6.27. The number of amides is 1. The third-order valence-corrected chi connectivity index (χ3v) is 6.65. The Labute approximate surface area is 200 Å². The SMILES string of the molecule is CC1=C(C(=O)Nc2ccc(Br)cn2)[C@H](c2ccc3c(c2)OCO3)C2=C(CC(C)(C)CC2=O)N1. The van der Waals surface area contributed by atoms with Gasteiger partial charge >= 0.3 is 0 Å². The van der Waals surface area contributed by atoms with Gasteiger partial charge in [-0.05, 0) is 64.5 Å². The van der Waals surface area contributed by atoms with Crippen LogP contribution < -0.4 is 20.1 Å². The first-order valence-corrected chi connectivity index (χ1v) is 11.6. The van der Waals surface area contributed by atoms with Crippen molar-refractivity contribution in [1.29, 1.82) is 0 Å². The van der Waals surface area contributed by atoms with Gasteiger partial charge in [-0.25, -0.2) is 4.98 Å². The minimum atomic E-state index is -0.519. The summed E-state index contributed by atoms with van der Waals surface area (Å²) in [6, 6.07) is 9.14. The number of Topliss-reactive ketones (excluding diaryl/α,β-unsaturated/α-hetero) is 1. The van der Waals surface area contributed by atoms with Crippen LogP contribution in [0.25, 0.3) is 0 Å². The quantitative estimate of drug-likeness (QED) is 0.616. The average molecular weight is 510 g/mol. The van der Waals surface area contributed by atoms with E-state index in [0.717, 1.165) is 27.9 Å². The number of dihydropyridines is 1. The van der Waals surface area contributed by atoms with Crippen molar-refractivity contribution < 1.29 is 19.1 Å². The van der Waals surface area contributed by atoms with Crippen LogP contribution >= 0.6 is 15.9 Å². The second kappa shape index (κ2) is 8.02. The Kier molecular flexibility index (Phi) is 5.28. The van der Waals surface area contributed by atoms with Crippen LogP contribution in [0.1, 0.15) is 45.1 Å². The molecular formula is C25H24BrN3O4. The second-order valence-corrected chi connectivity index (χ2v) is 10.3. The Morgan fingerprint density at radius 2 is 1.97 bits per heavy atom. The van der Waals surface area contributed by atoms with Crippen molar-refractivity contribution in [3.8, 4) is 11.5 Å². The highest BCUT2D eigenvalue weighted by Gasteiger charge is 2.43. The molecule has 3 aliphatic rings. The number of rotatable bonds is 3. The number of carbonyl (C=O) groups is 2. The third-order valence-electron chi connectivity index (χ3n) is 6.18. The number of allylic oxidation sites excluding steroid dienone is 3. The highest BCUT2D eigenvalue weighted by molar-refractivity contribution is 9.10. The predicted molar refractivity (Wildman–Crippen MR) is 127 cm³/mol. The monoisotopic (exact) mass is 509 g/mol. The molecule has 33 heavy (non-hydrogen) atoms. The Balaban J connectivity index is 1.60. The van der Waals surface area contributed by atoms with Gasteiger partial charge in [0.05, 0.1) is 0 Å². The topological polar surface area (TPSA) is 89.6 Å². The van der Waals surface area contributed by atoms with E-state index >= 15 is 0 Å². The van der Waals surface area contributed by atoms with E-state index in [1.807, 2.05) is 31.2 Å². The van der Waals surface area contributed by atoms with E-state index in [9.17, 15) is 9.59 Å². The number of aromatic nitrogens is 1. The summed E-state index contributed by atoms with van der Waals surface area (Å²) < 4.78 is 11.9. The number of nitrogens with one attached hydrogen (secondary N) is 2. The van der Waals surface area contributed by atoms with Gasteiger partial charge in [-0.3, -0.25) is 9.59 Å². The Bertz CT molecular complexity index is 1230. The van der Waals surface area contributed by atoms with E-state index in [0.29, 0.717) is 34.9 Å². The van der Waals surface area contributed by atoms with Crippen LogP contribution in [-0.4, -0.2) is 23.5 Å². The largest absolute Gasteiger partial charge is 0.454 e. The number of ether oxygens (including phenoxy) is 2. The van der Waals surface area contributed by atoms with Crippen molar-refractivity contribution >= 4 is 33.4 Å². The van der Waals surface area contributed by atoms with E-state index in [1.165, 1.54) is 0 Å². The molecule has 2 aliphatic heterocycles. The molecule has 0 spiro atoms. The molecule has 3 heterocycles. The van der Waals surface area contributed by atoms with Crippen molar-refractivity contribution in [2.24, 2.45) is 5.41 Å². The van der Waals surface area contributed by atoms with Crippen LogP contribution in [0.5, 0.6) is 11.5 Å². The number of nitrogens with zero attached hydrogens (tertiary/aromatic N) is 1. The first kappa shape index (κ1) is 21.7. The maximum Gasteiger partial charge on any atom is 0.255 e. The van der Waals surface area contributed by atoms with Crippen molar-refractivity contribution in [2.45, 2.75) is 39.5 Å². The summed E-state index contributed by atoms with van der Waals surface area (Å²) in [6.07, 6.45) is 2.78. The third kappa shape index (κ3) is 4.04. The highest BCUT2D eigenvalue weighted by atomic mass is 79.9. The molecule has 0 fully saturated rings. The first-order valence-electron chi connectivity index (χ1n) is 10.8. The number of halogens is 1. The van der Waals surface area contributed by atoms with Crippen LogP contribution in [0.4, 0.5) is 5.82 Å². The fourth-order valence-electron chi connectivity index (χ4n) is 4.80.